The number of nitrogens with zero attached hydrogens (tertiary/aromatic N) is 3. The van der Waals surface area contributed by atoms with E-state index in [1.165, 1.54) is 44.7 Å². The molecule has 0 spiro atoms. The number of rotatable bonds is 14. The number of ether oxygens (including phenoxy) is 1. The van der Waals surface area contributed by atoms with E-state index < -0.39 is 24.5 Å². The van der Waals surface area contributed by atoms with E-state index in [2.05, 4.69) is 21.6 Å². The van der Waals surface area contributed by atoms with Crippen LogP contribution in [0.1, 0.15) is 86.0 Å². The first-order valence-electron chi connectivity index (χ1n) is 15.2. The molecular formula is C34H43F2N5O5. The van der Waals surface area contributed by atoms with Gasteiger partial charge in [0.1, 0.15) is 18.1 Å². The van der Waals surface area contributed by atoms with Crippen molar-refractivity contribution in [3.63, 3.8) is 0 Å². The van der Waals surface area contributed by atoms with Crippen LogP contribution in [0.4, 0.5) is 8.78 Å². The molecule has 0 saturated heterocycles. The number of carboxylic acids is 1. The van der Waals surface area contributed by atoms with Crippen LogP contribution in [0.5, 0.6) is 5.75 Å². The van der Waals surface area contributed by atoms with Gasteiger partial charge in [-0.15, -0.1) is 0 Å². The summed E-state index contributed by atoms with van der Waals surface area (Å²) in [5, 5.41) is 8.50. The molecular weight excluding hydrogens is 596 g/mol. The molecule has 46 heavy (non-hydrogen) atoms. The number of imidazole rings is 1. The first-order chi connectivity index (χ1) is 22.0. The molecule has 0 aliphatic heterocycles. The maximum Gasteiger partial charge on any atom is 0.387 e. The second-order valence-corrected chi connectivity index (χ2v) is 10.5. The second kappa shape index (κ2) is 19.6. The average molecular weight is 640 g/mol. The van der Waals surface area contributed by atoms with Crippen LogP contribution in [-0.2, 0) is 16.0 Å². The fourth-order valence-corrected chi connectivity index (χ4v) is 4.69. The summed E-state index contributed by atoms with van der Waals surface area (Å²) in [7, 11) is 0. The number of nitrogens with two attached hydrogens (primary N) is 2. The monoisotopic (exact) mass is 639 g/mol. The summed E-state index contributed by atoms with van der Waals surface area (Å²) in [4.78, 5) is 39.5. The molecule has 1 unspecified atom stereocenters. The Morgan fingerprint density at radius 3 is 2.28 bits per heavy atom. The van der Waals surface area contributed by atoms with Crippen LogP contribution in [0, 0.1) is 6.92 Å². The lowest BCUT2D eigenvalue weighted by atomic mass is 10.0. The van der Waals surface area contributed by atoms with Gasteiger partial charge < -0.3 is 26.1 Å². The zero-order valence-electron chi connectivity index (χ0n) is 26.5. The Morgan fingerprint density at radius 1 is 1.04 bits per heavy atom. The number of benzene rings is 2. The molecule has 5 N–H and O–H groups in total. The molecule has 12 heteroatoms. The minimum atomic E-state index is -2.86. The molecule has 1 amide bonds. The highest BCUT2D eigenvalue weighted by atomic mass is 19.3. The maximum absolute atomic E-state index is 12.3. The van der Waals surface area contributed by atoms with Crippen molar-refractivity contribution in [2.75, 3.05) is 0 Å². The third-order valence-electron chi connectivity index (χ3n) is 6.99. The van der Waals surface area contributed by atoms with Crippen LogP contribution < -0.4 is 16.2 Å². The van der Waals surface area contributed by atoms with Crippen molar-refractivity contribution in [2.24, 2.45) is 11.5 Å². The minimum absolute atomic E-state index is 0.0969. The SMILES string of the molecule is CC=O.CCCCCCCCC(N)C(=O)O.Cc1cc(Cc2nccn3c(-c4ccc(OC(F)F)cc4)cnc23)ccc1C(N)=O. The van der Waals surface area contributed by atoms with Gasteiger partial charge in [-0.25, -0.2) is 4.98 Å². The summed E-state index contributed by atoms with van der Waals surface area (Å²) in [6, 6.07) is 11.2. The van der Waals surface area contributed by atoms with Gasteiger partial charge in [0.15, 0.2) is 5.65 Å². The van der Waals surface area contributed by atoms with Gasteiger partial charge in [-0.05, 0) is 61.7 Å². The fraction of sp³-hybridized carbons (Fsp3) is 0.382. The number of fused-ring (bicyclic) bond motifs is 1. The van der Waals surface area contributed by atoms with Gasteiger partial charge in [-0.1, -0.05) is 57.6 Å². The molecule has 10 nitrogen and oxygen atoms in total. The van der Waals surface area contributed by atoms with Crippen LogP contribution in [0.25, 0.3) is 16.9 Å². The number of aldehydes is 1. The van der Waals surface area contributed by atoms with E-state index in [-0.39, 0.29) is 5.75 Å². The standard InChI is InChI=1S/C22H18F2N4O2.C10H21NO2.C2H4O/c1-13-10-14(2-7-17(13)20(25)29)11-18-21-27-12-19(28(21)9-8-26-18)15-3-5-16(6-4-15)30-22(23)24;1-2-3-4-5-6-7-8-9(11)10(12)13;1-2-3/h2-10,12,22H,11H2,1H3,(H2,25,29);9H,2-8,11H2,1H3,(H,12,13);2H,1H3. The third kappa shape index (κ3) is 12.0. The molecule has 2 heterocycles. The van der Waals surface area contributed by atoms with E-state index in [0.717, 1.165) is 47.2 Å². The van der Waals surface area contributed by atoms with Gasteiger partial charge in [0.05, 0.1) is 17.6 Å². The van der Waals surface area contributed by atoms with Crippen molar-refractivity contribution in [3.05, 3.63) is 83.4 Å². The lowest BCUT2D eigenvalue weighted by Crippen LogP contribution is -2.29. The van der Waals surface area contributed by atoms with Crippen molar-refractivity contribution in [2.45, 2.75) is 84.8 Å². The minimum Gasteiger partial charge on any atom is -0.480 e. The summed E-state index contributed by atoms with van der Waals surface area (Å²) in [5.74, 6) is -1.24. The van der Waals surface area contributed by atoms with E-state index in [1.54, 1.807) is 36.8 Å². The summed E-state index contributed by atoms with van der Waals surface area (Å²) in [6.45, 7) is 2.61. The number of halogens is 2. The molecule has 4 aromatic rings. The molecule has 0 aliphatic carbocycles. The van der Waals surface area contributed by atoms with Gasteiger partial charge in [-0.2, -0.15) is 8.78 Å². The van der Waals surface area contributed by atoms with Crippen LogP contribution in [0.15, 0.2) is 61.1 Å². The molecule has 1 atom stereocenters. The molecule has 248 valence electrons. The molecule has 0 saturated carbocycles. The quantitative estimate of drug-likeness (QED) is 0.106. The lowest BCUT2D eigenvalue weighted by molar-refractivity contribution is -0.138. The number of alkyl halides is 2. The van der Waals surface area contributed by atoms with Crippen molar-refractivity contribution in [1.29, 1.82) is 0 Å². The van der Waals surface area contributed by atoms with Gasteiger partial charge in [-0.3, -0.25) is 19.0 Å². The van der Waals surface area contributed by atoms with Gasteiger partial charge >= 0.3 is 12.6 Å². The lowest BCUT2D eigenvalue weighted by Gasteiger charge is -2.08. The van der Waals surface area contributed by atoms with Crippen molar-refractivity contribution in [3.8, 4) is 17.0 Å². The van der Waals surface area contributed by atoms with Gasteiger partial charge in [0, 0.05) is 29.9 Å². The highest BCUT2D eigenvalue weighted by Crippen LogP contribution is 2.26. The number of carboxylic acid groups (broad SMARTS) is 1. The predicted molar refractivity (Wildman–Crippen MR) is 173 cm³/mol. The molecule has 0 aliphatic rings. The Hall–Kier alpha value is -4.71. The Kier molecular flexibility index (Phi) is 16.0. The number of hydrogen-bond donors (Lipinski definition) is 3. The largest absolute Gasteiger partial charge is 0.480 e. The highest BCUT2D eigenvalue weighted by molar-refractivity contribution is 5.94. The zero-order valence-corrected chi connectivity index (χ0v) is 26.5. The smallest absolute Gasteiger partial charge is 0.387 e. The third-order valence-corrected chi connectivity index (χ3v) is 6.99. The summed E-state index contributed by atoms with van der Waals surface area (Å²) in [6.07, 6.45) is 14.1. The van der Waals surface area contributed by atoms with Crippen LogP contribution in [0.2, 0.25) is 0 Å². The summed E-state index contributed by atoms with van der Waals surface area (Å²) >= 11 is 0. The Bertz CT molecular complexity index is 1540. The number of aromatic nitrogens is 3. The summed E-state index contributed by atoms with van der Waals surface area (Å²) < 4.78 is 31.0. The number of hydrogen-bond acceptors (Lipinski definition) is 7. The number of carbonyl (C=O) groups is 3. The first-order valence-corrected chi connectivity index (χ1v) is 15.2. The van der Waals surface area contributed by atoms with E-state index in [0.29, 0.717) is 24.1 Å². The van der Waals surface area contributed by atoms with E-state index in [9.17, 15) is 18.4 Å². The molecule has 0 bridgehead atoms. The zero-order chi connectivity index (χ0) is 34.1. The number of amides is 1. The molecule has 4 rings (SSSR count). The number of aryl methyl sites for hydroxylation is 1. The number of unbranched alkanes of at least 4 members (excludes halogenated alkanes) is 5. The number of carbonyl (C=O) groups excluding carboxylic acids is 2. The van der Waals surface area contributed by atoms with Crippen LogP contribution in [0.3, 0.4) is 0 Å². The number of primary amides is 1. The Labute approximate surface area is 267 Å². The predicted octanol–water partition coefficient (Wildman–Crippen LogP) is 6.35. The van der Waals surface area contributed by atoms with Gasteiger partial charge in [0.2, 0.25) is 5.91 Å². The summed E-state index contributed by atoms with van der Waals surface area (Å²) in [5.41, 5.74) is 16.1. The highest BCUT2D eigenvalue weighted by Gasteiger charge is 2.13. The topological polar surface area (TPSA) is 163 Å². The Morgan fingerprint density at radius 2 is 1.70 bits per heavy atom. The first kappa shape index (κ1) is 37.5. The molecule has 2 aromatic carbocycles. The van der Waals surface area contributed by atoms with Crippen molar-refractivity contribution < 1.29 is 33.0 Å². The van der Waals surface area contributed by atoms with E-state index in [4.69, 9.17) is 21.4 Å². The van der Waals surface area contributed by atoms with Crippen LogP contribution >= 0.6 is 0 Å². The van der Waals surface area contributed by atoms with E-state index >= 15 is 0 Å². The van der Waals surface area contributed by atoms with Crippen LogP contribution in [-0.4, -0.2) is 50.3 Å². The van der Waals surface area contributed by atoms with Crippen molar-refractivity contribution in [1.82, 2.24) is 14.4 Å². The average Bonchev–Trinajstić information content (AvgIpc) is 3.45. The molecule has 2 aromatic heterocycles. The normalized spacial score (nSPS) is 11.2. The number of aliphatic carboxylic acids is 1. The molecule has 0 fully saturated rings. The van der Waals surface area contributed by atoms with E-state index in [1.807, 2.05) is 23.5 Å². The Balaban J connectivity index is 0.000000387. The van der Waals surface area contributed by atoms with Gasteiger partial charge in [0.25, 0.3) is 0 Å². The maximum atomic E-state index is 12.3. The second-order valence-electron chi connectivity index (χ2n) is 10.5. The van der Waals surface area contributed by atoms with Crippen molar-refractivity contribution >= 4 is 23.8 Å². The fourth-order valence-electron chi connectivity index (χ4n) is 4.69. The molecule has 0 radical (unpaired) electrons.